The largest absolute Gasteiger partial charge is 0.508 e. The number of hydrogen-bond donors (Lipinski definition) is 1. The number of piperidine rings is 1. The van der Waals surface area contributed by atoms with Crippen molar-refractivity contribution in [3.8, 4) is 11.5 Å². The van der Waals surface area contributed by atoms with Crippen LogP contribution in [0, 0.1) is 0 Å². The molecule has 1 aliphatic rings. The van der Waals surface area contributed by atoms with Gasteiger partial charge in [-0.05, 0) is 84.5 Å². The highest BCUT2D eigenvalue weighted by Gasteiger charge is 2.14. The summed E-state index contributed by atoms with van der Waals surface area (Å²) in [6, 6.07) is 26.5. The number of rotatable bonds is 8. The predicted octanol–water partition coefficient (Wildman–Crippen LogP) is 6.63. The number of hydrogen-bond acceptors (Lipinski definition) is 3. The molecule has 0 aliphatic carbocycles. The number of nitrogens with zero attached hydrogens (tertiary/aromatic N) is 1. The molecule has 1 aliphatic heterocycles. The van der Waals surface area contributed by atoms with Gasteiger partial charge in [0.15, 0.2) is 0 Å². The van der Waals surface area contributed by atoms with Crippen LogP contribution in [0.2, 0.25) is 0 Å². The minimum atomic E-state index is 0.278. The lowest BCUT2D eigenvalue weighted by molar-refractivity contribution is 0.183. The van der Waals surface area contributed by atoms with Gasteiger partial charge in [-0.3, -0.25) is 4.90 Å². The van der Waals surface area contributed by atoms with Crippen molar-refractivity contribution in [1.29, 1.82) is 0 Å². The Hall–Kier alpha value is -3.04. The molecule has 1 fully saturated rings. The van der Waals surface area contributed by atoms with Crippen molar-refractivity contribution in [2.45, 2.75) is 32.6 Å². The van der Waals surface area contributed by atoms with E-state index >= 15 is 0 Å². The maximum atomic E-state index is 9.83. The van der Waals surface area contributed by atoms with Crippen molar-refractivity contribution in [1.82, 2.24) is 4.90 Å². The van der Waals surface area contributed by atoms with Gasteiger partial charge in [-0.1, -0.05) is 67.9 Å². The average Bonchev–Trinajstić information content (AvgIpc) is 2.85. The number of ether oxygens (including phenoxy) is 1. The van der Waals surface area contributed by atoms with E-state index in [2.05, 4.69) is 54.3 Å². The van der Waals surface area contributed by atoms with E-state index in [4.69, 9.17) is 4.74 Å². The highest BCUT2D eigenvalue weighted by Crippen LogP contribution is 2.36. The molecule has 0 amide bonds. The first-order chi connectivity index (χ1) is 15.7. The number of phenolic OH excluding ortho intramolecular Hbond substituents is 1. The molecule has 166 valence electrons. The van der Waals surface area contributed by atoms with E-state index in [0.29, 0.717) is 6.61 Å². The molecule has 0 saturated carbocycles. The lowest BCUT2D eigenvalue weighted by Crippen LogP contribution is -2.33. The van der Waals surface area contributed by atoms with E-state index in [1.165, 1.54) is 49.1 Å². The van der Waals surface area contributed by atoms with Gasteiger partial charge in [0, 0.05) is 6.54 Å². The van der Waals surface area contributed by atoms with Crippen molar-refractivity contribution < 1.29 is 9.84 Å². The van der Waals surface area contributed by atoms with Gasteiger partial charge in [-0.15, -0.1) is 0 Å². The van der Waals surface area contributed by atoms with Crippen LogP contribution in [0.1, 0.15) is 49.3 Å². The Bertz CT molecular complexity index is 1020. The average molecular weight is 428 g/mol. The molecule has 0 radical (unpaired) electrons. The Morgan fingerprint density at radius 2 is 1.53 bits per heavy atom. The van der Waals surface area contributed by atoms with E-state index < -0.39 is 0 Å². The molecular formula is C29H33NO2. The van der Waals surface area contributed by atoms with Crippen LogP contribution in [-0.2, 0) is 0 Å². The first kappa shape index (κ1) is 22.2. The van der Waals surface area contributed by atoms with Crippen LogP contribution >= 0.6 is 0 Å². The van der Waals surface area contributed by atoms with Crippen molar-refractivity contribution in [2.24, 2.45) is 0 Å². The standard InChI is InChI=1S/C29H33NO2/c1-2-28(23-10-5-3-6-11-23)29(24-14-16-26(31)17-15-24)25-12-9-13-27(22-25)32-21-20-30-18-7-4-8-19-30/h3,5-6,9-17,22,31H,2,4,7-8,18-21H2,1H3/b29-28-. The maximum Gasteiger partial charge on any atom is 0.119 e. The normalized spacial score (nSPS) is 15.3. The van der Waals surface area contributed by atoms with Crippen LogP contribution in [0.3, 0.4) is 0 Å². The lowest BCUT2D eigenvalue weighted by Gasteiger charge is -2.26. The number of benzene rings is 3. The minimum Gasteiger partial charge on any atom is -0.508 e. The predicted molar refractivity (Wildman–Crippen MR) is 133 cm³/mol. The van der Waals surface area contributed by atoms with Gasteiger partial charge in [-0.25, -0.2) is 0 Å². The second-order valence-electron chi connectivity index (χ2n) is 8.40. The SMILES string of the molecule is CC/C(=C(\c1ccc(O)cc1)c1cccc(OCCN2CCCCC2)c1)c1ccccc1. The quantitative estimate of drug-likeness (QED) is 0.410. The van der Waals surface area contributed by atoms with Gasteiger partial charge in [0.1, 0.15) is 18.1 Å². The molecule has 1 saturated heterocycles. The smallest absolute Gasteiger partial charge is 0.119 e. The molecule has 3 aromatic rings. The maximum absolute atomic E-state index is 9.83. The van der Waals surface area contributed by atoms with E-state index in [9.17, 15) is 5.11 Å². The molecule has 0 aromatic heterocycles. The third-order valence-corrected chi connectivity index (χ3v) is 6.18. The zero-order valence-corrected chi connectivity index (χ0v) is 19.0. The van der Waals surface area contributed by atoms with E-state index in [0.717, 1.165) is 29.8 Å². The van der Waals surface area contributed by atoms with Crippen LogP contribution in [-0.4, -0.2) is 36.2 Å². The fraction of sp³-hybridized carbons (Fsp3) is 0.310. The Labute approximate surface area is 192 Å². The molecule has 4 rings (SSSR count). The molecule has 3 nitrogen and oxygen atoms in total. The van der Waals surface area contributed by atoms with E-state index in [-0.39, 0.29) is 5.75 Å². The van der Waals surface area contributed by atoms with Crippen LogP contribution < -0.4 is 4.74 Å². The summed E-state index contributed by atoms with van der Waals surface area (Å²) in [5.41, 5.74) is 5.90. The molecule has 0 atom stereocenters. The van der Waals surface area contributed by atoms with Gasteiger partial charge in [0.05, 0.1) is 0 Å². The van der Waals surface area contributed by atoms with E-state index in [1.54, 1.807) is 12.1 Å². The summed E-state index contributed by atoms with van der Waals surface area (Å²) in [6.07, 6.45) is 4.86. The number of aromatic hydroxyl groups is 1. The fourth-order valence-corrected chi connectivity index (χ4v) is 4.52. The molecule has 0 unspecified atom stereocenters. The summed E-state index contributed by atoms with van der Waals surface area (Å²) in [7, 11) is 0. The minimum absolute atomic E-state index is 0.278. The first-order valence-corrected chi connectivity index (χ1v) is 11.8. The van der Waals surface area contributed by atoms with Gasteiger partial charge in [0.25, 0.3) is 0 Å². The monoisotopic (exact) mass is 427 g/mol. The number of phenols is 1. The third-order valence-electron chi connectivity index (χ3n) is 6.18. The Morgan fingerprint density at radius 1 is 0.812 bits per heavy atom. The van der Waals surface area contributed by atoms with Crippen LogP contribution in [0.5, 0.6) is 11.5 Å². The van der Waals surface area contributed by atoms with Crippen LogP contribution in [0.25, 0.3) is 11.1 Å². The van der Waals surface area contributed by atoms with E-state index in [1.807, 2.05) is 24.3 Å². The van der Waals surface area contributed by atoms with Crippen molar-refractivity contribution in [2.75, 3.05) is 26.2 Å². The lowest BCUT2D eigenvalue weighted by atomic mass is 9.88. The van der Waals surface area contributed by atoms with Gasteiger partial charge < -0.3 is 9.84 Å². The van der Waals surface area contributed by atoms with Crippen molar-refractivity contribution >= 4 is 11.1 Å². The van der Waals surface area contributed by atoms with Crippen molar-refractivity contribution in [3.05, 3.63) is 95.6 Å². The first-order valence-electron chi connectivity index (χ1n) is 11.8. The second-order valence-corrected chi connectivity index (χ2v) is 8.40. The Morgan fingerprint density at radius 3 is 2.25 bits per heavy atom. The zero-order chi connectivity index (χ0) is 22.2. The second kappa shape index (κ2) is 11.0. The number of likely N-dealkylation sites (tertiary alicyclic amines) is 1. The zero-order valence-electron chi connectivity index (χ0n) is 19.0. The molecule has 3 heteroatoms. The molecule has 1 heterocycles. The van der Waals surface area contributed by atoms with Gasteiger partial charge >= 0.3 is 0 Å². The molecule has 1 N–H and O–H groups in total. The summed E-state index contributed by atoms with van der Waals surface area (Å²) in [5.74, 6) is 1.18. The van der Waals surface area contributed by atoms with Crippen LogP contribution in [0.4, 0.5) is 0 Å². The Balaban J connectivity index is 1.65. The van der Waals surface area contributed by atoms with Crippen LogP contribution in [0.15, 0.2) is 78.9 Å². The molecular weight excluding hydrogens is 394 g/mol. The summed E-state index contributed by atoms with van der Waals surface area (Å²) in [5, 5.41) is 9.83. The topological polar surface area (TPSA) is 32.7 Å². The highest BCUT2D eigenvalue weighted by atomic mass is 16.5. The third kappa shape index (κ3) is 5.60. The molecule has 0 bridgehead atoms. The Kier molecular flexibility index (Phi) is 7.63. The van der Waals surface area contributed by atoms with Gasteiger partial charge in [-0.2, -0.15) is 0 Å². The number of allylic oxidation sites excluding steroid dienone is 1. The van der Waals surface area contributed by atoms with Crippen molar-refractivity contribution in [3.63, 3.8) is 0 Å². The summed E-state index contributed by atoms with van der Waals surface area (Å²) in [4.78, 5) is 2.50. The summed E-state index contributed by atoms with van der Waals surface area (Å²) < 4.78 is 6.17. The molecule has 0 spiro atoms. The highest BCUT2D eigenvalue weighted by molar-refractivity contribution is 5.98. The summed E-state index contributed by atoms with van der Waals surface area (Å²) in [6.45, 7) is 6.26. The molecule has 3 aromatic carbocycles. The molecule has 32 heavy (non-hydrogen) atoms. The van der Waals surface area contributed by atoms with Gasteiger partial charge in [0.2, 0.25) is 0 Å². The fourth-order valence-electron chi connectivity index (χ4n) is 4.52. The summed E-state index contributed by atoms with van der Waals surface area (Å²) >= 11 is 0.